The van der Waals surface area contributed by atoms with Crippen LogP contribution in [-0.4, -0.2) is 28.6 Å². The Bertz CT molecular complexity index is 375. The predicted molar refractivity (Wildman–Crippen MR) is 66.3 cm³/mol. The predicted octanol–water partition coefficient (Wildman–Crippen LogP) is 1.81. The molecule has 0 bridgehead atoms. The fourth-order valence-electron chi connectivity index (χ4n) is 2.38. The summed E-state index contributed by atoms with van der Waals surface area (Å²) < 4.78 is 0. The van der Waals surface area contributed by atoms with Gasteiger partial charge >= 0.3 is 0 Å². The lowest BCUT2D eigenvalue weighted by Gasteiger charge is -2.33. The Kier molecular flexibility index (Phi) is 3.79. The van der Waals surface area contributed by atoms with E-state index in [2.05, 4.69) is 0 Å². The lowest BCUT2D eigenvalue weighted by molar-refractivity contribution is -0.143. The highest BCUT2D eigenvalue weighted by atomic mass is 16.3. The molecule has 1 aliphatic rings. The molecule has 3 nitrogen and oxygen atoms in total. The van der Waals surface area contributed by atoms with Crippen LogP contribution in [0.15, 0.2) is 30.3 Å². The van der Waals surface area contributed by atoms with Crippen LogP contribution in [0.1, 0.15) is 25.3 Å². The topological polar surface area (TPSA) is 40.5 Å². The second-order valence-corrected chi connectivity index (χ2v) is 4.73. The highest BCUT2D eigenvalue weighted by molar-refractivity contribution is 5.80. The highest BCUT2D eigenvalue weighted by Gasteiger charge is 2.31. The molecular weight excluding hydrogens is 214 g/mol. The SMILES string of the molecule is C[C@@H](O)[C@@H]1CCCN(Cc2ccccc2)C1=O. The minimum absolute atomic E-state index is 0.0927. The van der Waals surface area contributed by atoms with Gasteiger partial charge in [0.05, 0.1) is 12.0 Å². The van der Waals surface area contributed by atoms with E-state index in [9.17, 15) is 9.90 Å². The molecule has 0 radical (unpaired) electrons. The van der Waals surface area contributed by atoms with Crippen molar-refractivity contribution in [2.24, 2.45) is 5.92 Å². The van der Waals surface area contributed by atoms with Crippen LogP contribution in [0.3, 0.4) is 0 Å². The summed E-state index contributed by atoms with van der Waals surface area (Å²) in [6.45, 7) is 3.16. The zero-order chi connectivity index (χ0) is 12.3. The first-order valence-electron chi connectivity index (χ1n) is 6.19. The number of hydrogen-bond donors (Lipinski definition) is 1. The number of hydrogen-bond acceptors (Lipinski definition) is 2. The molecule has 1 N–H and O–H groups in total. The maximum Gasteiger partial charge on any atom is 0.228 e. The first kappa shape index (κ1) is 12.1. The highest BCUT2D eigenvalue weighted by Crippen LogP contribution is 2.22. The van der Waals surface area contributed by atoms with Gasteiger partial charge in [-0.1, -0.05) is 30.3 Å². The number of rotatable bonds is 3. The standard InChI is InChI=1S/C14H19NO2/c1-11(16)13-8-5-9-15(14(13)17)10-12-6-3-2-4-7-12/h2-4,6-7,11,13,16H,5,8-10H2,1H3/t11-,13+/m1/s1. The van der Waals surface area contributed by atoms with Crippen molar-refractivity contribution in [3.63, 3.8) is 0 Å². The van der Waals surface area contributed by atoms with Gasteiger partial charge in [0.1, 0.15) is 0 Å². The monoisotopic (exact) mass is 233 g/mol. The van der Waals surface area contributed by atoms with Gasteiger partial charge < -0.3 is 10.0 Å². The maximum atomic E-state index is 12.1. The first-order chi connectivity index (χ1) is 8.18. The van der Waals surface area contributed by atoms with Crippen molar-refractivity contribution < 1.29 is 9.90 Å². The van der Waals surface area contributed by atoms with Crippen LogP contribution >= 0.6 is 0 Å². The van der Waals surface area contributed by atoms with Crippen LogP contribution in [-0.2, 0) is 11.3 Å². The van der Waals surface area contributed by atoms with Crippen molar-refractivity contribution in [2.75, 3.05) is 6.54 Å². The maximum absolute atomic E-state index is 12.1. The van der Waals surface area contributed by atoms with E-state index in [1.54, 1.807) is 6.92 Å². The zero-order valence-electron chi connectivity index (χ0n) is 10.2. The Hall–Kier alpha value is -1.35. The molecule has 2 rings (SSSR count). The van der Waals surface area contributed by atoms with Crippen molar-refractivity contribution in [1.82, 2.24) is 4.90 Å². The summed E-state index contributed by atoms with van der Waals surface area (Å²) in [6, 6.07) is 9.99. The second-order valence-electron chi connectivity index (χ2n) is 4.73. The van der Waals surface area contributed by atoms with Crippen molar-refractivity contribution >= 4 is 5.91 Å². The van der Waals surface area contributed by atoms with Crippen LogP contribution in [0.25, 0.3) is 0 Å². The van der Waals surface area contributed by atoms with Gasteiger partial charge in [-0.25, -0.2) is 0 Å². The summed E-state index contributed by atoms with van der Waals surface area (Å²) in [4.78, 5) is 14.0. The molecule has 0 spiro atoms. The Morgan fingerprint density at radius 2 is 2.12 bits per heavy atom. The van der Waals surface area contributed by atoms with Gasteiger partial charge in [-0.15, -0.1) is 0 Å². The third-order valence-corrected chi connectivity index (χ3v) is 3.37. The van der Waals surface area contributed by atoms with E-state index in [4.69, 9.17) is 0 Å². The van der Waals surface area contributed by atoms with Gasteiger partial charge in [0, 0.05) is 13.1 Å². The molecule has 1 saturated heterocycles. The van der Waals surface area contributed by atoms with E-state index < -0.39 is 6.10 Å². The van der Waals surface area contributed by atoms with Crippen LogP contribution in [0.5, 0.6) is 0 Å². The molecule has 1 heterocycles. The van der Waals surface area contributed by atoms with Crippen LogP contribution in [0, 0.1) is 5.92 Å². The number of aliphatic hydroxyl groups excluding tert-OH is 1. The minimum Gasteiger partial charge on any atom is -0.393 e. The van der Waals surface area contributed by atoms with Gasteiger partial charge in [0.25, 0.3) is 0 Å². The van der Waals surface area contributed by atoms with Gasteiger partial charge in [-0.3, -0.25) is 4.79 Å². The summed E-state index contributed by atoms with van der Waals surface area (Å²) in [7, 11) is 0. The van der Waals surface area contributed by atoms with Crippen LogP contribution in [0.4, 0.5) is 0 Å². The van der Waals surface area contributed by atoms with Crippen molar-refractivity contribution in [3.05, 3.63) is 35.9 Å². The number of carbonyl (C=O) groups is 1. The van der Waals surface area contributed by atoms with Gasteiger partial charge in [-0.05, 0) is 25.3 Å². The average molecular weight is 233 g/mol. The molecule has 1 fully saturated rings. The Balaban J connectivity index is 2.04. The quantitative estimate of drug-likeness (QED) is 0.865. The van der Waals surface area contributed by atoms with Crippen molar-refractivity contribution in [1.29, 1.82) is 0 Å². The first-order valence-corrected chi connectivity index (χ1v) is 6.19. The Labute approximate surface area is 102 Å². The summed E-state index contributed by atoms with van der Waals surface area (Å²) in [5, 5.41) is 9.58. The molecule has 1 amide bonds. The fraction of sp³-hybridized carbons (Fsp3) is 0.500. The number of likely N-dealkylation sites (tertiary alicyclic amines) is 1. The zero-order valence-corrected chi connectivity index (χ0v) is 10.2. The molecule has 0 aliphatic carbocycles. The molecule has 92 valence electrons. The molecule has 2 atom stereocenters. The third kappa shape index (κ3) is 2.86. The van der Waals surface area contributed by atoms with Crippen LogP contribution < -0.4 is 0 Å². The Morgan fingerprint density at radius 1 is 1.41 bits per heavy atom. The molecule has 3 heteroatoms. The largest absolute Gasteiger partial charge is 0.393 e. The fourth-order valence-corrected chi connectivity index (χ4v) is 2.38. The van der Waals surface area contributed by atoms with Gasteiger partial charge in [-0.2, -0.15) is 0 Å². The van der Waals surface area contributed by atoms with E-state index in [0.29, 0.717) is 6.54 Å². The smallest absolute Gasteiger partial charge is 0.228 e. The normalized spacial score (nSPS) is 22.6. The van der Waals surface area contributed by atoms with Gasteiger partial charge in [0.15, 0.2) is 0 Å². The van der Waals surface area contributed by atoms with Crippen LogP contribution in [0.2, 0.25) is 0 Å². The van der Waals surface area contributed by atoms with Crippen molar-refractivity contribution in [3.8, 4) is 0 Å². The number of carbonyl (C=O) groups excluding carboxylic acids is 1. The second kappa shape index (κ2) is 5.32. The number of amides is 1. The minimum atomic E-state index is -0.541. The average Bonchev–Trinajstić information content (AvgIpc) is 2.33. The van der Waals surface area contributed by atoms with E-state index >= 15 is 0 Å². The number of aliphatic hydroxyl groups is 1. The summed E-state index contributed by atoms with van der Waals surface area (Å²) in [6.07, 6.45) is 1.25. The van der Waals surface area contributed by atoms with E-state index in [0.717, 1.165) is 24.9 Å². The van der Waals surface area contributed by atoms with Gasteiger partial charge in [0.2, 0.25) is 5.91 Å². The molecule has 17 heavy (non-hydrogen) atoms. The number of nitrogens with zero attached hydrogens (tertiary/aromatic N) is 1. The lowest BCUT2D eigenvalue weighted by atomic mass is 9.92. The number of benzene rings is 1. The molecule has 1 aliphatic heterocycles. The number of piperidine rings is 1. The third-order valence-electron chi connectivity index (χ3n) is 3.37. The molecule has 1 aromatic rings. The van der Waals surface area contributed by atoms with E-state index in [1.807, 2.05) is 35.2 Å². The summed E-state index contributed by atoms with van der Waals surface area (Å²) in [5.74, 6) is -0.123. The lowest BCUT2D eigenvalue weighted by Crippen LogP contribution is -2.44. The molecule has 1 aromatic carbocycles. The van der Waals surface area contributed by atoms with E-state index in [1.165, 1.54) is 0 Å². The molecule has 0 aromatic heterocycles. The summed E-state index contributed by atoms with van der Waals surface area (Å²) >= 11 is 0. The molecule has 0 saturated carbocycles. The van der Waals surface area contributed by atoms with E-state index in [-0.39, 0.29) is 11.8 Å². The Morgan fingerprint density at radius 3 is 2.76 bits per heavy atom. The molecule has 0 unspecified atom stereocenters. The van der Waals surface area contributed by atoms with Crippen molar-refractivity contribution in [2.45, 2.75) is 32.4 Å². The summed E-state index contributed by atoms with van der Waals surface area (Å²) in [5.41, 5.74) is 1.15. The molecular formula is C14H19NO2.